The molecule has 2 aliphatic carbocycles. The topological polar surface area (TPSA) is 113 Å². The molecule has 4 aromatic rings. The van der Waals surface area contributed by atoms with Gasteiger partial charge in [-0.25, -0.2) is 9.48 Å². The van der Waals surface area contributed by atoms with Crippen LogP contribution >= 0.6 is 0 Å². The van der Waals surface area contributed by atoms with Gasteiger partial charge in [-0.05, 0) is 80.1 Å². The standard InChI is InChI=1S/C34H34N4O4/c39-30(40)19-14-23-12-16-26(17-13-23)35-33(42)34(20-7-21-34)36-32(41)25-15-18-28-29(22-25)37-38(27-10-5-2-6-11-27)31(28)24-8-3-1-4-9-24/h2,5-6,10-19,22,24H,1,3-4,7-9,20-21H2,(H,35,42)(H,36,41)(H,39,40). The first kappa shape index (κ1) is 27.4. The highest BCUT2D eigenvalue weighted by Crippen LogP contribution is 2.38. The number of fused-ring (bicyclic) bond motifs is 1. The lowest BCUT2D eigenvalue weighted by molar-refractivity contribution is -0.131. The number of hydrogen-bond acceptors (Lipinski definition) is 4. The van der Waals surface area contributed by atoms with Crippen LogP contribution in [0, 0.1) is 0 Å². The van der Waals surface area contributed by atoms with Crippen LogP contribution in [-0.4, -0.2) is 38.2 Å². The summed E-state index contributed by atoms with van der Waals surface area (Å²) in [6.07, 6.45) is 10.5. The second kappa shape index (κ2) is 11.6. The van der Waals surface area contributed by atoms with E-state index >= 15 is 0 Å². The predicted octanol–water partition coefficient (Wildman–Crippen LogP) is 6.46. The molecule has 0 saturated heterocycles. The van der Waals surface area contributed by atoms with E-state index in [1.807, 2.05) is 41.1 Å². The van der Waals surface area contributed by atoms with Gasteiger partial charge in [-0.15, -0.1) is 0 Å². The van der Waals surface area contributed by atoms with Crippen molar-refractivity contribution in [1.29, 1.82) is 0 Å². The lowest BCUT2D eigenvalue weighted by atomic mass is 9.75. The van der Waals surface area contributed by atoms with Crippen LogP contribution in [0.2, 0.25) is 0 Å². The van der Waals surface area contributed by atoms with Gasteiger partial charge >= 0.3 is 5.97 Å². The van der Waals surface area contributed by atoms with E-state index < -0.39 is 11.5 Å². The van der Waals surface area contributed by atoms with Gasteiger partial charge in [0.2, 0.25) is 5.91 Å². The van der Waals surface area contributed by atoms with Crippen molar-refractivity contribution in [3.05, 3.63) is 95.7 Å². The molecule has 0 atom stereocenters. The molecule has 2 aliphatic rings. The van der Waals surface area contributed by atoms with Gasteiger partial charge in [-0.3, -0.25) is 9.59 Å². The molecule has 2 fully saturated rings. The van der Waals surface area contributed by atoms with Crippen LogP contribution in [0.5, 0.6) is 0 Å². The number of benzene rings is 3. The molecule has 6 rings (SSSR count). The lowest BCUT2D eigenvalue weighted by Gasteiger charge is -2.40. The highest BCUT2D eigenvalue weighted by atomic mass is 16.4. The zero-order valence-electron chi connectivity index (χ0n) is 23.4. The number of nitrogens with one attached hydrogen (secondary N) is 2. The predicted molar refractivity (Wildman–Crippen MR) is 163 cm³/mol. The highest BCUT2D eigenvalue weighted by molar-refractivity contribution is 6.05. The van der Waals surface area contributed by atoms with Crippen LogP contribution in [-0.2, 0) is 9.59 Å². The smallest absolute Gasteiger partial charge is 0.328 e. The zero-order valence-corrected chi connectivity index (χ0v) is 23.4. The van der Waals surface area contributed by atoms with E-state index in [0.717, 1.165) is 41.9 Å². The van der Waals surface area contributed by atoms with E-state index in [-0.39, 0.29) is 11.8 Å². The maximum Gasteiger partial charge on any atom is 0.328 e. The van der Waals surface area contributed by atoms with Gasteiger partial charge in [0.25, 0.3) is 5.91 Å². The Kier molecular flexibility index (Phi) is 7.61. The largest absolute Gasteiger partial charge is 0.478 e. The van der Waals surface area contributed by atoms with E-state index in [2.05, 4.69) is 22.8 Å². The van der Waals surface area contributed by atoms with Gasteiger partial charge in [-0.1, -0.05) is 55.7 Å². The number of amides is 2. The Morgan fingerprint density at radius 2 is 1.64 bits per heavy atom. The number of anilines is 1. The molecule has 1 heterocycles. The molecular formula is C34H34N4O4. The summed E-state index contributed by atoms with van der Waals surface area (Å²) >= 11 is 0. The van der Waals surface area contributed by atoms with Crippen molar-refractivity contribution in [2.45, 2.75) is 62.8 Å². The molecule has 214 valence electrons. The third-order valence-electron chi connectivity index (χ3n) is 8.55. The van der Waals surface area contributed by atoms with Crippen LogP contribution < -0.4 is 10.6 Å². The molecular weight excluding hydrogens is 528 g/mol. The Hall–Kier alpha value is -4.72. The second-order valence-electron chi connectivity index (χ2n) is 11.3. The molecule has 0 bridgehead atoms. The number of carbonyl (C=O) groups excluding carboxylic acids is 2. The van der Waals surface area contributed by atoms with Crippen LogP contribution in [0.4, 0.5) is 5.69 Å². The summed E-state index contributed by atoms with van der Waals surface area (Å²) in [5.41, 5.74) is 3.78. The number of carboxylic acids is 1. The van der Waals surface area contributed by atoms with Crippen molar-refractivity contribution >= 4 is 40.4 Å². The molecule has 0 radical (unpaired) electrons. The monoisotopic (exact) mass is 562 g/mol. The van der Waals surface area contributed by atoms with E-state index in [0.29, 0.717) is 35.6 Å². The number of rotatable bonds is 8. The summed E-state index contributed by atoms with van der Waals surface area (Å²) in [6.45, 7) is 0. The summed E-state index contributed by atoms with van der Waals surface area (Å²) in [5.74, 6) is -1.16. The number of para-hydroxylation sites is 1. The molecule has 0 unspecified atom stereocenters. The fourth-order valence-electron chi connectivity index (χ4n) is 6.11. The Bertz CT molecular complexity index is 1650. The molecule has 2 amide bonds. The van der Waals surface area contributed by atoms with Crippen LogP contribution in [0.3, 0.4) is 0 Å². The first-order chi connectivity index (χ1) is 20.4. The van der Waals surface area contributed by atoms with Crippen molar-refractivity contribution in [1.82, 2.24) is 15.1 Å². The summed E-state index contributed by atoms with van der Waals surface area (Å²) < 4.78 is 2.05. The fraction of sp³-hybridized carbons (Fsp3) is 0.294. The summed E-state index contributed by atoms with van der Waals surface area (Å²) in [6, 6.07) is 22.7. The first-order valence-corrected chi connectivity index (χ1v) is 14.6. The van der Waals surface area contributed by atoms with Crippen molar-refractivity contribution in [2.75, 3.05) is 5.32 Å². The summed E-state index contributed by atoms with van der Waals surface area (Å²) in [7, 11) is 0. The normalized spacial score (nSPS) is 16.7. The van der Waals surface area contributed by atoms with Crippen molar-refractivity contribution in [3.8, 4) is 5.69 Å². The van der Waals surface area contributed by atoms with Gasteiger partial charge in [0, 0.05) is 28.6 Å². The molecule has 3 aromatic carbocycles. The number of carbonyl (C=O) groups is 3. The highest BCUT2D eigenvalue weighted by Gasteiger charge is 2.45. The average Bonchev–Trinajstić information content (AvgIpc) is 3.38. The molecule has 8 nitrogen and oxygen atoms in total. The van der Waals surface area contributed by atoms with Crippen molar-refractivity contribution < 1.29 is 19.5 Å². The maximum atomic E-state index is 13.5. The molecule has 42 heavy (non-hydrogen) atoms. The molecule has 8 heteroatoms. The second-order valence-corrected chi connectivity index (χ2v) is 11.3. The van der Waals surface area contributed by atoms with Gasteiger partial charge in [0.15, 0.2) is 0 Å². The van der Waals surface area contributed by atoms with Crippen LogP contribution in [0.1, 0.15) is 78.9 Å². The van der Waals surface area contributed by atoms with E-state index in [9.17, 15) is 14.4 Å². The fourth-order valence-corrected chi connectivity index (χ4v) is 6.11. The minimum Gasteiger partial charge on any atom is -0.478 e. The van der Waals surface area contributed by atoms with Crippen LogP contribution in [0.15, 0.2) is 78.9 Å². The minimum atomic E-state index is -1.02. The molecule has 1 aromatic heterocycles. The first-order valence-electron chi connectivity index (χ1n) is 14.6. The molecule has 3 N–H and O–H groups in total. The van der Waals surface area contributed by atoms with Gasteiger partial charge < -0.3 is 15.7 Å². The minimum absolute atomic E-state index is 0.259. The van der Waals surface area contributed by atoms with Crippen molar-refractivity contribution in [2.24, 2.45) is 0 Å². The lowest BCUT2D eigenvalue weighted by Crippen LogP contribution is -2.61. The van der Waals surface area contributed by atoms with Gasteiger partial charge in [0.05, 0.1) is 16.9 Å². The van der Waals surface area contributed by atoms with E-state index in [1.54, 1.807) is 24.3 Å². The Morgan fingerprint density at radius 1 is 0.905 bits per heavy atom. The molecule has 0 spiro atoms. The van der Waals surface area contributed by atoms with Gasteiger partial charge in [-0.2, -0.15) is 5.10 Å². The molecule has 0 aliphatic heterocycles. The Balaban J connectivity index is 1.22. The zero-order chi connectivity index (χ0) is 29.1. The Morgan fingerprint density at radius 3 is 2.31 bits per heavy atom. The number of aromatic nitrogens is 2. The quantitative estimate of drug-likeness (QED) is 0.213. The third-order valence-corrected chi connectivity index (χ3v) is 8.55. The number of carboxylic acid groups (broad SMARTS) is 1. The number of aliphatic carboxylic acids is 1. The molecule has 2 saturated carbocycles. The van der Waals surface area contributed by atoms with E-state index in [1.165, 1.54) is 31.0 Å². The maximum absolute atomic E-state index is 13.5. The van der Waals surface area contributed by atoms with E-state index in [4.69, 9.17) is 10.2 Å². The summed E-state index contributed by atoms with van der Waals surface area (Å²) in [4.78, 5) is 37.6. The van der Waals surface area contributed by atoms with Crippen molar-refractivity contribution in [3.63, 3.8) is 0 Å². The number of nitrogens with zero attached hydrogens (tertiary/aromatic N) is 2. The number of hydrogen-bond donors (Lipinski definition) is 3. The average molecular weight is 563 g/mol. The SMILES string of the molecule is O=C(O)C=Cc1ccc(NC(=O)C2(NC(=O)c3ccc4c(C5CCCCC5)n(-c5ccccc5)nc4c3)CCC2)cc1. The third kappa shape index (κ3) is 5.57. The van der Waals surface area contributed by atoms with Crippen LogP contribution in [0.25, 0.3) is 22.7 Å². The van der Waals surface area contributed by atoms with Gasteiger partial charge in [0.1, 0.15) is 5.54 Å². The summed E-state index contributed by atoms with van der Waals surface area (Å²) in [5, 5.41) is 20.8. The Labute approximate surface area is 244 Å².